The maximum absolute atomic E-state index is 3.68. The van der Waals surface area contributed by atoms with E-state index in [1.54, 1.807) is 4.88 Å². The lowest BCUT2D eigenvalue weighted by Gasteiger charge is -2.24. The van der Waals surface area contributed by atoms with Crippen molar-refractivity contribution >= 4 is 11.3 Å². The summed E-state index contributed by atoms with van der Waals surface area (Å²) in [4.78, 5) is 1.57. The van der Waals surface area contributed by atoms with Gasteiger partial charge in [-0.15, -0.1) is 11.3 Å². The lowest BCUT2D eigenvalue weighted by Crippen LogP contribution is -2.26. The Morgan fingerprint density at radius 2 is 2.20 bits per heavy atom. The number of thiophene rings is 1. The van der Waals surface area contributed by atoms with Gasteiger partial charge in [-0.2, -0.15) is 0 Å². The minimum Gasteiger partial charge on any atom is -0.309 e. The first-order valence-corrected chi connectivity index (χ1v) is 6.98. The monoisotopic (exact) mass is 223 g/mol. The Morgan fingerprint density at radius 1 is 1.47 bits per heavy atom. The third-order valence-electron chi connectivity index (χ3n) is 3.48. The third-order valence-corrected chi connectivity index (χ3v) is 4.58. The highest BCUT2D eigenvalue weighted by atomic mass is 32.1. The average molecular weight is 223 g/mol. The quantitative estimate of drug-likeness (QED) is 0.816. The molecule has 1 heterocycles. The zero-order chi connectivity index (χ0) is 10.7. The molecule has 1 aromatic rings. The van der Waals surface area contributed by atoms with E-state index in [9.17, 15) is 0 Å². The van der Waals surface area contributed by atoms with Crippen LogP contribution in [0.2, 0.25) is 0 Å². The lowest BCUT2D eigenvalue weighted by molar-refractivity contribution is 0.378. The molecule has 1 aliphatic carbocycles. The van der Waals surface area contributed by atoms with E-state index in [0.717, 1.165) is 12.5 Å². The minimum absolute atomic E-state index is 0.623. The van der Waals surface area contributed by atoms with Gasteiger partial charge in [-0.3, -0.25) is 0 Å². The second-order valence-corrected chi connectivity index (χ2v) is 5.50. The molecule has 15 heavy (non-hydrogen) atoms. The Labute approximate surface area is 96.9 Å². The zero-order valence-electron chi connectivity index (χ0n) is 9.75. The highest BCUT2D eigenvalue weighted by Gasteiger charge is 2.27. The van der Waals surface area contributed by atoms with Crippen LogP contribution in [0.4, 0.5) is 0 Å². The van der Waals surface area contributed by atoms with Gasteiger partial charge in [-0.1, -0.05) is 19.8 Å². The molecule has 0 spiro atoms. The standard InChI is InChI=1S/C13H21NS/c1-3-14-12(11-6-4-5-7-11)13-10(2)8-9-15-13/h8-9,11-12,14H,3-7H2,1-2H3. The largest absolute Gasteiger partial charge is 0.309 e. The predicted octanol–water partition coefficient (Wildman–Crippen LogP) is 3.90. The average Bonchev–Trinajstić information content (AvgIpc) is 2.85. The second-order valence-electron chi connectivity index (χ2n) is 4.55. The van der Waals surface area contributed by atoms with Gasteiger partial charge in [0.15, 0.2) is 0 Å². The number of nitrogens with one attached hydrogen (secondary N) is 1. The van der Waals surface area contributed by atoms with E-state index >= 15 is 0 Å². The summed E-state index contributed by atoms with van der Waals surface area (Å²) in [6, 6.07) is 2.87. The van der Waals surface area contributed by atoms with Gasteiger partial charge in [0.2, 0.25) is 0 Å². The van der Waals surface area contributed by atoms with Crippen molar-refractivity contribution in [2.24, 2.45) is 5.92 Å². The number of hydrogen-bond acceptors (Lipinski definition) is 2. The van der Waals surface area contributed by atoms with Crippen LogP contribution >= 0.6 is 11.3 Å². The summed E-state index contributed by atoms with van der Waals surface area (Å²) in [5.74, 6) is 0.877. The zero-order valence-corrected chi connectivity index (χ0v) is 10.6. The fourth-order valence-corrected chi connectivity index (χ4v) is 3.78. The van der Waals surface area contributed by atoms with Crippen LogP contribution in [0.1, 0.15) is 49.1 Å². The summed E-state index contributed by atoms with van der Waals surface area (Å²) >= 11 is 1.92. The molecule has 1 aliphatic rings. The summed E-state index contributed by atoms with van der Waals surface area (Å²) in [6.45, 7) is 5.54. The van der Waals surface area contributed by atoms with Crippen LogP contribution in [0, 0.1) is 12.8 Å². The molecule has 1 atom stereocenters. The number of rotatable bonds is 4. The van der Waals surface area contributed by atoms with Gasteiger partial charge < -0.3 is 5.32 Å². The van der Waals surface area contributed by atoms with E-state index in [-0.39, 0.29) is 0 Å². The number of aryl methyl sites for hydroxylation is 1. The first kappa shape index (κ1) is 11.2. The summed E-state index contributed by atoms with van der Waals surface area (Å²) in [5, 5.41) is 5.90. The van der Waals surface area contributed by atoms with Gasteiger partial charge in [0.05, 0.1) is 0 Å². The fourth-order valence-electron chi connectivity index (χ4n) is 2.69. The number of hydrogen-bond donors (Lipinski definition) is 1. The normalized spacial score (nSPS) is 19.6. The maximum atomic E-state index is 3.68. The molecule has 0 amide bonds. The van der Waals surface area contributed by atoms with Crippen LogP contribution in [0.15, 0.2) is 11.4 Å². The van der Waals surface area contributed by atoms with Crippen LogP contribution in [-0.4, -0.2) is 6.54 Å². The molecule has 0 bridgehead atoms. The van der Waals surface area contributed by atoms with Crippen molar-refractivity contribution in [3.8, 4) is 0 Å². The van der Waals surface area contributed by atoms with Crippen molar-refractivity contribution in [2.75, 3.05) is 6.54 Å². The highest BCUT2D eigenvalue weighted by molar-refractivity contribution is 7.10. The van der Waals surface area contributed by atoms with Gasteiger partial charge in [0, 0.05) is 10.9 Å². The second kappa shape index (κ2) is 5.13. The molecule has 1 aromatic heterocycles. The molecule has 0 radical (unpaired) electrons. The van der Waals surface area contributed by atoms with Crippen molar-refractivity contribution in [1.82, 2.24) is 5.32 Å². The first-order valence-electron chi connectivity index (χ1n) is 6.10. The van der Waals surface area contributed by atoms with E-state index in [1.165, 1.54) is 31.2 Å². The minimum atomic E-state index is 0.623. The van der Waals surface area contributed by atoms with Gasteiger partial charge in [0.1, 0.15) is 0 Å². The maximum Gasteiger partial charge on any atom is 0.0446 e. The molecule has 1 nitrogen and oxygen atoms in total. The van der Waals surface area contributed by atoms with Crippen LogP contribution in [0.5, 0.6) is 0 Å². The fraction of sp³-hybridized carbons (Fsp3) is 0.692. The molecular formula is C13H21NS. The molecule has 84 valence electrons. The van der Waals surface area contributed by atoms with Crippen LogP contribution < -0.4 is 5.32 Å². The Balaban J connectivity index is 2.15. The summed E-state index contributed by atoms with van der Waals surface area (Å²) in [5.41, 5.74) is 1.47. The predicted molar refractivity (Wildman–Crippen MR) is 67.4 cm³/mol. The Morgan fingerprint density at radius 3 is 2.73 bits per heavy atom. The lowest BCUT2D eigenvalue weighted by atomic mass is 9.95. The van der Waals surface area contributed by atoms with Gasteiger partial charge in [0.25, 0.3) is 0 Å². The smallest absolute Gasteiger partial charge is 0.0446 e. The molecule has 0 aromatic carbocycles. The third kappa shape index (κ3) is 2.43. The Hall–Kier alpha value is -0.340. The highest BCUT2D eigenvalue weighted by Crippen LogP contribution is 2.38. The van der Waals surface area contributed by atoms with E-state index in [1.807, 2.05) is 11.3 Å². The molecule has 2 rings (SSSR count). The van der Waals surface area contributed by atoms with Crippen molar-refractivity contribution in [3.05, 3.63) is 21.9 Å². The topological polar surface area (TPSA) is 12.0 Å². The van der Waals surface area contributed by atoms with Gasteiger partial charge in [-0.25, -0.2) is 0 Å². The van der Waals surface area contributed by atoms with Crippen molar-refractivity contribution in [2.45, 2.75) is 45.6 Å². The van der Waals surface area contributed by atoms with Crippen molar-refractivity contribution < 1.29 is 0 Å². The first-order chi connectivity index (χ1) is 7.33. The summed E-state index contributed by atoms with van der Waals surface area (Å²) < 4.78 is 0. The molecule has 0 saturated heterocycles. The summed E-state index contributed by atoms with van der Waals surface area (Å²) in [6.07, 6.45) is 5.68. The van der Waals surface area contributed by atoms with E-state index in [4.69, 9.17) is 0 Å². The van der Waals surface area contributed by atoms with Crippen LogP contribution in [0.3, 0.4) is 0 Å². The molecule has 1 N–H and O–H groups in total. The van der Waals surface area contributed by atoms with Crippen molar-refractivity contribution in [3.63, 3.8) is 0 Å². The van der Waals surface area contributed by atoms with Crippen molar-refractivity contribution in [1.29, 1.82) is 0 Å². The van der Waals surface area contributed by atoms with E-state index in [2.05, 4.69) is 30.6 Å². The van der Waals surface area contributed by atoms with E-state index in [0.29, 0.717) is 6.04 Å². The summed E-state index contributed by atoms with van der Waals surface area (Å²) in [7, 11) is 0. The Bertz CT molecular complexity index is 299. The molecule has 2 heteroatoms. The SMILES string of the molecule is CCNC(c1sccc1C)C1CCCC1. The molecule has 0 aliphatic heterocycles. The Kier molecular flexibility index (Phi) is 3.81. The molecule has 1 fully saturated rings. The van der Waals surface area contributed by atoms with Gasteiger partial charge in [-0.05, 0) is 49.2 Å². The molecule has 1 unspecified atom stereocenters. The van der Waals surface area contributed by atoms with E-state index < -0.39 is 0 Å². The van der Waals surface area contributed by atoms with Crippen LogP contribution in [0.25, 0.3) is 0 Å². The molecule has 1 saturated carbocycles. The molecular weight excluding hydrogens is 202 g/mol. The van der Waals surface area contributed by atoms with Gasteiger partial charge >= 0.3 is 0 Å². The van der Waals surface area contributed by atoms with Crippen LogP contribution in [-0.2, 0) is 0 Å².